The van der Waals surface area contributed by atoms with E-state index in [2.05, 4.69) is 11.9 Å². The molecular weight excluding hydrogens is 272 g/mol. The van der Waals surface area contributed by atoms with E-state index in [1.165, 1.54) is 4.31 Å². The first-order chi connectivity index (χ1) is 9.34. The first kappa shape index (κ1) is 16.9. The van der Waals surface area contributed by atoms with Crippen LogP contribution in [-0.4, -0.2) is 32.9 Å². The third-order valence-corrected chi connectivity index (χ3v) is 5.28. The zero-order chi connectivity index (χ0) is 15.3. The van der Waals surface area contributed by atoms with Gasteiger partial charge in [0.05, 0.1) is 4.90 Å². The van der Waals surface area contributed by atoms with Crippen LogP contribution in [0.5, 0.6) is 0 Å². The summed E-state index contributed by atoms with van der Waals surface area (Å²) in [6.07, 6.45) is 1.59. The van der Waals surface area contributed by atoms with Gasteiger partial charge >= 0.3 is 0 Å². The molecule has 0 saturated carbocycles. The second-order valence-electron chi connectivity index (χ2n) is 4.89. The molecule has 5 heteroatoms. The van der Waals surface area contributed by atoms with Gasteiger partial charge in [0.25, 0.3) is 0 Å². The lowest BCUT2D eigenvalue weighted by atomic mass is 10.1. The maximum atomic E-state index is 12.6. The van der Waals surface area contributed by atoms with Crippen LogP contribution in [-0.2, 0) is 16.6 Å². The smallest absolute Gasteiger partial charge is 0.243 e. The van der Waals surface area contributed by atoms with Crippen molar-refractivity contribution in [3.05, 3.63) is 41.5 Å². The SMILES string of the molecule is C=CCN(C)S(=O)(=O)c1cc(CNCC)cc(C)c1C. The Balaban J connectivity index is 3.28. The average molecular weight is 296 g/mol. The van der Waals surface area contributed by atoms with E-state index >= 15 is 0 Å². The number of aryl methyl sites for hydroxylation is 1. The molecule has 0 aliphatic carbocycles. The molecule has 20 heavy (non-hydrogen) atoms. The summed E-state index contributed by atoms with van der Waals surface area (Å²) in [4.78, 5) is 0.384. The maximum absolute atomic E-state index is 12.6. The molecule has 1 N–H and O–H groups in total. The molecule has 1 rings (SSSR count). The molecule has 1 aromatic rings. The molecule has 0 bridgehead atoms. The van der Waals surface area contributed by atoms with Crippen LogP contribution < -0.4 is 5.32 Å². The van der Waals surface area contributed by atoms with Gasteiger partial charge in [-0.25, -0.2) is 8.42 Å². The van der Waals surface area contributed by atoms with Gasteiger partial charge < -0.3 is 5.32 Å². The van der Waals surface area contributed by atoms with Crippen LogP contribution in [0.25, 0.3) is 0 Å². The minimum atomic E-state index is -3.47. The van der Waals surface area contributed by atoms with E-state index in [9.17, 15) is 8.42 Å². The first-order valence-corrected chi connectivity index (χ1v) is 8.16. The van der Waals surface area contributed by atoms with E-state index in [0.717, 1.165) is 23.2 Å². The molecule has 0 aliphatic rings. The topological polar surface area (TPSA) is 49.4 Å². The minimum Gasteiger partial charge on any atom is -0.313 e. The van der Waals surface area contributed by atoms with E-state index in [0.29, 0.717) is 18.0 Å². The van der Waals surface area contributed by atoms with Gasteiger partial charge in [-0.2, -0.15) is 4.31 Å². The number of sulfonamides is 1. The fraction of sp³-hybridized carbons (Fsp3) is 0.467. The van der Waals surface area contributed by atoms with Gasteiger partial charge in [0, 0.05) is 20.1 Å². The number of likely N-dealkylation sites (N-methyl/N-ethyl adjacent to an activating group) is 1. The van der Waals surface area contributed by atoms with Crippen molar-refractivity contribution < 1.29 is 8.42 Å². The lowest BCUT2D eigenvalue weighted by molar-refractivity contribution is 0.498. The maximum Gasteiger partial charge on any atom is 0.243 e. The highest BCUT2D eigenvalue weighted by atomic mass is 32.2. The third-order valence-electron chi connectivity index (χ3n) is 3.33. The summed E-state index contributed by atoms with van der Waals surface area (Å²) in [5.74, 6) is 0. The Kier molecular flexibility index (Phi) is 5.92. The molecule has 0 aromatic heterocycles. The molecule has 0 radical (unpaired) electrons. The van der Waals surface area contributed by atoms with Crippen molar-refractivity contribution >= 4 is 10.0 Å². The Morgan fingerprint density at radius 2 is 2.00 bits per heavy atom. The van der Waals surface area contributed by atoms with Crippen LogP contribution in [0.3, 0.4) is 0 Å². The van der Waals surface area contributed by atoms with Crippen molar-refractivity contribution in [2.45, 2.75) is 32.2 Å². The first-order valence-electron chi connectivity index (χ1n) is 6.72. The van der Waals surface area contributed by atoms with Gasteiger partial charge in [-0.15, -0.1) is 6.58 Å². The molecule has 0 unspecified atom stereocenters. The monoisotopic (exact) mass is 296 g/mol. The number of nitrogens with one attached hydrogen (secondary N) is 1. The Bertz CT molecular complexity index is 580. The van der Waals surface area contributed by atoms with Crippen molar-refractivity contribution in [1.82, 2.24) is 9.62 Å². The fourth-order valence-corrected chi connectivity index (χ4v) is 3.47. The predicted molar refractivity (Wildman–Crippen MR) is 83.3 cm³/mol. The highest BCUT2D eigenvalue weighted by molar-refractivity contribution is 7.89. The van der Waals surface area contributed by atoms with E-state index in [1.54, 1.807) is 19.2 Å². The van der Waals surface area contributed by atoms with Crippen LogP contribution in [0.15, 0.2) is 29.7 Å². The van der Waals surface area contributed by atoms with Crippen LogP contribution in [0, 0.1) is 13.8 Å². The van der Waals surface area contributed by atoms with E-state index < -0.39 is 10.0 Å². The molecule has 0 spiro atoms. The number of rotatable bonds is 7. The zero-order valence-electron chi connectivity index (χ0n) is 12.7. The number of nitrogens with zero attached hydrogens (tertiary/aromatic N) is 1. The summed E-state index contributed by atoms with van der Waals surface area (Å²) in [6.45, 7) is 11.2. The minimum absolute atomic E-state index is 0.304. The predicted octanol–water partition coefficient (Wildman–Crippen LogP) is 2.22. The number of benzene rings is 1. The summed E-state index contributed by atoms with van der Waals surface area (Å²) in [5, 5.41) is 3.22. The molecule has 0 amide bonds. The van der Waals surface area contributed by atoms with E-state index in [1.807, 2.05) is 26.8 Å². The van der Waals surface area contributed by atoms with Crippen molar-refractivity contribution in [2.24, 2.45) is 0 Å². The summed E-state index contributed by atoms with van der Waals surface area (Å²) in [6, 6.07) is 3.80. The lowest BCUT2D eigenvalue weighted by Gasteiger charge is -2.19. The fourth-order valence-electron chi connectivity index (χ4n) is 1.99. The highest BCUT2D eigenvalue weighted by Crippen LogP contribution is 2.23. The lowest BCUT2D eigenvalue weighted by Crippen LogP contribution is -2.28. The Labute approximate surface area is 122 Å². The second-order valence-corrected chi connectivity index (χ2v) is 6.90. The Morgan fingerprint density at radius 1 is 1.35 bits per heavy atom. The number of hydrogen-bond donors (Lipinski definition) is 1. The quantitative estimate of drug-likeness (QED) is 0.785. The second kappa shape index (κ2) is 7.02. The Hall–Kier alpha value is -1.17. The molecule has 1 aromatic carbocycles. The molecule has 4 nitrogen and oxygen atoms in total. The van der Waals surface area contributed by atoms with Crippen molar-refractivity contribution in [2.75, 3.05) is 20.1 Å². The van der Waals surface area contributed by atoms with Crippen molar-refractivity contribution in [3.63, 3.8) is 0 Å². The molecule has 0 fully saturated rings. The van der Waals surface area contributed by atoms with Gasteiger partial charge in [0.15, 0.2) is 0 Å². The largest absolute Gasteiger partial charge is 0.313 e. The van der Waals surface area contributed by atoms with Crippen LogP contribution in [0.2, 0.25) is 0 Å². The van der Waals surface area contributed by atoms with Gasteiger partial charge in [0.2, 0.25) is 10.0 Å². The van der Waals surface area contributed by atoms with E-state index in [4.69, 9.17) is 0 Å². The zero-order valence-corrected chi connectivity index (χ0v) is 13.5. The van der Waals surface area contributed by atoms with Gasteiger partial charge in [0.1, 0.15) is 0 Å². The van der Waals surface area contributed by atoms with Gasteiger partial charge in [-0.1, -0.05) is 19.1 Å². The summed E-state index contributed by atoms with van der Waals surface area (Å²) in [7, 11) is -1.90. The summed E-state index contributed by atoms with van der Waals surface area (Å²) < 4.78 is 26.5. The highest BCUT2D eigenvalue weighted by Gasteiger charge is 2.23. The molecule has 0 saturated heterocycles. The van der Waals surface area contributed by atoms with Crippen molar-refractivity contribution in [3.8, 4) is 0 Å². The van der Waals surface area contributed by atoms with Crippen LogP contribution >= 0.6 is 0 Å². The van der Waals surface area contributed by atoms with Gasteiger partial charge in [-0.3, -0.25) is 0 Å². The number of hydrogen-bond acceptors (Lipinski definition) is 3. The molecule has 0 aliphatic heterocycles. The summed E-state index contributed by atoms with van der Waals surface area (Å²) >= 11 is 0. The molecule has 112 valence electrons. The average Bonchev–Trinajstić information content (AvgIpc) is 2.39. The van der Waals surface area contributed by atoms with E-state index in [-0.39, 0.29) is 0 Å². The van der Waals surface area contributed by atoms with Crippen LogP contribution in [0.1, 0.15) is 23.6 Å². The van der Waals surface area contributed by atoms with Crippen LogP contribution in [0.4, 0.5) is 0 Å². The normalized spacial score (nSPS) is 11.8. The van der Waals surface area contributed by atoms with Crippen molar-refractivity contribution in [1.29, 1.82) is 0 Å². The molecule has 0 atom stereocenters. The third kappa shape index (κ3) is 3.69. The standard InChI is InChI=1S/C15H24N2O2S/c1-6-8-17(5)20(18,19)15-10-14(11-16-7-2)9-12(3)13(15)4/h6,9-10,16H,1,7-8,11H2,2-5H3. The summed E-state index contributed by atoms with van der Waals surface area (Å²) in [5.41, 5.74) is 2.78. The van der Waals surface area contributed by atoms with Gasteiger partial charge in [-0.05, 0) is 43.1 Å². The Morgan fingerprint density at radius 3 is 2.55 bits per heavy atom. The molecule has 0 heterocycles. The molecular formula is C15H24N2O2S.